The minimum absolute atomic E-state index is 0.104. The average Bonchev–Trinajstić information content (AvgIpc) is 3.19. The number of hydrogen-bond donors (Lipinski definition) is 1. The van der Waals surface area contributed by atoms with Gasteiger partial charge < -0.3 is 10.1 Å². The van der Waals surface area contributed by atoms with Gasteiger partial charge in [0.1, 0.15) is 0 Å². The zero-order valence-electron chi connectivity index (χ0n) is 11.1. The molecule has 1 saturated heterocycles. The van der Waals surface area contributed by atoms with Crippen LogP contribution in [0.3, 0.4) is 0 Å². The third-order valence-corrected chi connectivity index (χ3v) is 4.10. The van der Waals surface area contributed by atoms with Gasteiger partial charge in [-0.15, -0.1) is 16.4 Å². The topological polar surface area (TPSA) is 81.9 Å². The zero-order valence-corrected chi connectivity index (χ0v) is 11.9. The SMILES string of the molecule is COC(=O)c1nnn(Cc2cncs2)c1C1CCCN1. The van der Waals surface area contributed by atoms with Crippen molar-refractivity contribution in [3.8, 4) is 0 Å². The summed E-state index contributed by atoms with van der Waals surface area (Å²) >= 11 is 1.56. The molecular weight excluding hydrogens is 278 g/mol. The number of aromatic nitrogens is 4. The summed E-state index contributed by atoms with van der Waals surface area (Å²) in [6.07, 6.45) is 3.85. The van der Waals surface area contributed by atoms with Gasteiger partial charge in [0.05, 0.1) is 30.9 Å². The summed E-state index contributed by atoms with van der Waals surface area (Å²) in [7, 11) is 1.36. The first-order valence-corrected chi connectivity index (χ1v) is 7.30. The van der Waals surface area contributed by atoms with E-state index in [-0.39, 0.29) is 6.04 Å². The molecule has 8 heteroatoms. The molecule has 2 aromatic heterocycles. The molecule has 3 heterocycles. The van der Waals surface area contributed by atoms with Crippen LogP contribution in [0.5, 0.6) is 0 Å². The second-order valence-electron chi connectivity index (χ2n) is 4.59. The van der Waals surface area contributed by atoms with Crippen molar-refractivity contribution < 1.29 is 9.53 Å². The highest BCUT2D eigenvalue weighted by atomic mass is 32.1. The zero-order chi connectivity index (χ0) is 13.9. The lowest BCUT2D eigenvalue weighted by atomic mass is 10.1. The Kier molecular flexibility index (Phi) is 3.75. The highest BCUT2D eigenvalue weighted by Crippen LogP contribution is 2.26. The van der Waals surface area contributed by atoms with Crippen LogP contribution < -0.4 is 5.32 Å². The number of rotatable bonds is 4. The molecule has 1 aliphatic heterocycles. The Balaban J connectivity index is 1.96. The van der Waals surface area contributed by atoms with Crippen molar-refractivity contribution in [1.29, 1.82) is 0 Å². The summed E-state index contributed by atoms with van der Waals surface area (Å²) in [5.74, 6) is -0.441. The first-order valence-electron chi connectivity index (χ1n) is 6.42. The van der Waals surface area contributed by atoms with E-state index in [2.05, 4.69) is 20.6 Å². The highest BCUT2D eigenvalue weighted by Gasteiger charge is 2.29. The van der Waals surface area contributed by atoms with Gasteiger partial charge in [-0.1, -0.05) is 5.21 Å². The molecule has 20 heavy (non-hydrogen) atoms. The normalized spacial score (nSPS) is 18.4. The number of hydrogen-bond acceptors (Lipinski definition) is 7. The number of nitrogens with one attached hydrogen (secondary N) is 1. The third kappa shape index (κ3) is 2.44. The lowest BCUT2D eigenvalue weighted by molar-refractivity contribution is 0.0591. The van der Waals surface area contributed by atoms with E-state index in [0.717, 1.165) is 30.0 Å². The maximum absolute atomic E-state index is 11.8. The smallest absolute Gasteiger partial charge is 0.360 e. The molecule has 0 radical (unpaired) electrons. The van der Waals surface area contributed by atoms with Crippen molar-refractivity contribution in [3.63, 3.8) is 0 Å². The number of esters is 1. The van der Waals surface area contributed by atoms with Gasteiger partial charge in [0, 0.05) is 11.1 Å². The second-order valence-corrected chi connectivity index (χ2v) is 5.56. The van der Waals surface area contributed by atoms with Gasteiger partial charge in [-0.2, -0.15) is 0 Å². The molecule has 106 valence electrons. The Morgan fingerprint density at radius 1 is 1.65 bits per heavy atom. The van der Waals surface area contributed by atoms with Crippen LogP contribution in [0.4, 0.5) is 0 Å². The van der Waals surface area contributed by atoms with Gasteiger partial charge in [-0.05, 0) is 19.4 Å². The summed E-state index contributed by atoms with van der Waals surface area (Å²) in [6.45, 7) is 1.51. The van der Waals surface area contributed by atoms with Crippen LogP contribution in [0.15, 0.2) is 11.7 Å². The van der Waals surface area contributed by atoms with E-state index in [4.69, 9.17) is 4.74 Å². The summed E-state index contributed by atoms with van der Waals surface area (Å²) in [5.41, 5.74) is 2.89. The number of ether oxygens (including phenoxy) is 1. The van der Waals surface area contributed by atoms with Crippen LogP contribution in [0.1, 0.15) is 39.9 Å². The third-order valence-electron chi connectivity index (χ3n) is 3.33. The van der Waals surface area contributed by atoms with Crippen molar-refractivity contribution in [3.05, 3.63) is 28.0 Å². The van der Waals surface area contributed by atoms with E-state index in [1.165, 1.54) is 7.11 Å². The number of carbonyl (C=O) groups is 1. The molecule has 7 nitrogen and oxygen atoms in total. The quantitative estimate of drug-likeness (QED) is 0.847. The van der Waals surface area contributed by atoms with Crippen molar-refractivity contribution >= 4 is 17.3 Å². The Hall–Kier alpha value is -1.80. The molecule has 3 rings (SSSR count). The summed E-state index contributed by atoms with van der Waals surface area (Å²) in [6, 6.07) is 0.104. The summed E-state index contributed by atoms with van der Waals surface area (Å²) in [4.78, 5) is 17.0. The number of thiazole rings is 1. The number of nitrogens with zero attached hydrogens (tertiary/aromatic N) is 4. The van der Waals surface area contributed by atoms with Gasteiger partial charge in [0.2, 0.25) is 0 Å². The van der Waals surface area contributed by atoms with E-state index in [1.54, 1.807) is 27.7 Å². The predicted molar refractivity (Wildman–Crippen MR) is 72.6 cm³/mol. The monoisotopic (exact) mass is 293 g/mol. The van der Waals surface area contributed by atoms with Crippen molar-refractivity contribution in [2.45, 2.75) is 25.4 Å². The second kappa shape index (κ2) is 5.68. The Labute approximate surface area is 120 Å². The summed E-state index contributed by atoms with van der Waals surface area (Å²) in [5, 5.41) is 11.5. The van der Waals surface area contributed by atoms with E-state index in [1.807, 2.05) is 0 Å². The molecule has 1 aliphatic rings. The van der Waals surface area contributed by atoms with Gasteiger partial charge in [-0.3, -0.25) is 4.98 Å². The Morgan fingerprint density at radius 3 is 3.20 bits per heavy atom. The van der Waals surface area contributed by atoms with Crippen LogP contribution in [0.2, 0.25) is 0 Å². The predicted octanol–water partition coefficient (Wildman–Crippen LogP) is 0.994. The molecule has 1 atom stereocenters. The number of carbonyl (C=O) groups excluding carboxylic acids is 1. The highest BCUT2D eigenvalue weighted by molar-refractivity contribution is 7.09. The molecule has 0 aliphatic carbocycles. The number of methoxy groups -OCH3 is 1. The molecule has 0 bridgehead atoms. The maximum atomic E-state index is 11.8. The van der Waals surface area contributed by atoms with Crippen LogP contribution in [0.25, 0.3) is 0 Å². The average molecular weight is 293 g/mol. The molecule has 1 N–H and O–H groups in total. The fraction of sp³-hybridized carbons (Fsp3) is 0.500. The van der Waals surface area contributed by atoms with Gasteiger partial charge in [0.15, 0.2) is 5.69 Å². The van der Waals surface area contributed by atoms with Crippen molar-refractivity contribution in [1.82, 2.24) is 25.3 Å². The lowest BCUT2D eigenvalue weighted by Crippen LogP contribution is -2.21. The largest absolute Gasteiger partial charge is 0.464 e. The van der Waals surface area contributed by atoms with Gasteiger partial charge in [0.25, 0.3) is 0 Å². The summed E-state index contributed by atoms with van der Waals surface area (Å²) < 4.78 is 6.56. The molecule has 0 aromatic carbocycles. The van der Waals surface area contributed by atoms with E-state index < -0.39 is 5.97 Å². The molecule has 2 aromatic rings. The molecular formula is C12H15N5O2S. The molecule has 0 amide bonds. The first-order chi connectivity index (χ1) is 9.79. The lowest BCUT2D eigenvalue weighted by Gasteiger charge is -2.13. The van der Waals surface area contributed by atoms with Crippen LogP contribution in [0, 0.1) is 0 Å². The molecule has 1 unspecified atom stereocenters. The van der Waals surface area contributed by atoms with Crippen LogP contribution >= 0.6 is 11.3 Å². The molecule has 0 saturated carbocycles. The minimum Gasteiger partial charge on any atom is -0.464 e. The van der Waals surface area contributed by atoms with E-state index >= 15 is 0 Å². The Morgan fingerprint density at radius 2 is 2.55 bits per heavy atom. The molecule has 0 spiro atoms. The van der Waals surface area contributed by atoms with E-state index in [9.17, 15) is 4.79 Å². The fourth-order valence-electron chi connectivity index (χ4n) is 2.41. The maximum Gasteiger partial charge on any atom is 0.360 e. The standard InChI is InChI=1S/C12H15N5O2S/c1-19-12(18)10-11(9-3-2-4-14-9)17(16-15-10)6-8-5-13-7-20-8/h5,7,9,14H,2-4,6H2,1H3. The van der Waals surface area contributed by atoms with Gasteiger partial charge in [-0.25, -0.2) is 9.48 Å². The van der Waals surface area contributed by atoms with Crippen LogP contribution in [-0.2, 0) is 11.3 Å². The fourth-order valence-corrected chi connectivity index (χ4v) is 2.99. The Bertz CT molecular complexity index is 589. The first kappa shape index (κ1) is 13.2. The minimum atomic E-state index is -0.441. The van der Waals surface area contributed by atoms with Gasteiger partial charge >= 0.3 is 5.97 Å². The van der Waals surface area contributed by atoms with Crippen molar-refractivity contribution in [2.24, 2.45) is 0 Å². The van der Waals surface area contributed by atoms with Crippen LogP contribution in [-0.4, -0.2) is 39.6 Å². The molecule has 1 fully saturated rings. The van der Waals surface area contributed by atoms with Crippen molar-refractivity contribution in [2.75, 3.05) is 13.7 Å². The van der Waals surface area contributed by atoms with E-state index in [0.29, 0.717) is 12.2 Å².